The summed E-state index contributed by atoms with van der Waals surface area (Å²) in [5, 5.41) is 3.97. The Labute approximate surface area is 170 Å². The fourth-order valence-corrected chi connectivity index (χ4v) is 4.00. The van der Waals surface area contributed by atoms with Crippen molar-refractivity contribution < 1.29 is 18.8 Å². The van der Waals surface area contributed by atoms with Crippen LogP contribution in [0.4, 0.5) is 0 Å². The maximum atomic E-state index is 12.8. The quantitative estimate of drug-likeness (QED) is 0.775. The molecule has 2 aliphatic rings. The lowest BCUT2D eigenvalue weighted by Crippen LogP contribution is -2.41. The van der Waals surface area contributed by atoms with E-state index in [4.69, 9.17) is 9.26 Å². The lowest BCUT2D eigenvalue weighted by atomic mass is 9.91. The van der Waals surface area contributed by atoms with Gasteiger partial charge >= 0.3 is 0 Å². The van der Waals surface area contributed by atoms with Gasteiger partial charge in [0.25, 0.3) is 5.91 Å². The number of likely N-dealkylation sites (tertiary alicyclic amines) is 1. The maximum Gasteiger partial charge on any atom is 0.276 e. The highest BCUT2D eigenvalue weighted by Crippen LogP contribution is 2.25. The van der Waals surface area contributed by atoms with Crippen LogP contribution in [0.1, 0.15) is 36.2 Å². The first kappa shape index (κ1) is 19.6. The summed E-state index contributed by atoms with van der Waals surface area (Å²) in [7, 11) is 0. The van der Waals surface area contributed by atoms with Crippen molar-refractivity contribution >= 4 is 11.8 Å². The number of morpholine rings is 1. The number of amides is 2. The smallest absolute Gasteiger partial charge is 0.276 e. The molecule has 154 valence electrons. The van der Waals surface area contributed by atoms with Crippen molar-refractivity contribution in [2.24, 2.45) is 5.92 Å². The fraction of sp³-hybridized carbons (Fsp3) is 0.500. The van der Waals surface area contributed by atoms with Gasteiger partial charge < -0.3 is 19.1 Å². The van der Waals surface area contributed by atoms with Gasteiger partial charge in [0.15, 0.2) is 11.5 Å². The molecule has 0 N–H and O–H groups in total. The van der Waals surface area contributed by atoms with Crippen molar-refractivity contribution in [2.45, 2.75) is 25.7 Å². The summed E-state index contributed by atoms with van der Waals surface area (Å²) < 4.78 is 10.7. The molecule has 2 saturated heterocycles. The Hall–Kier alpha value is -2.67. The lowest BCUT2D eigenvalue weighted by molar-refractivity contribution is -0.135. The number of hydrogen-bond donors (Lipinski definition) is 0. The predicted molar refractivity (Wildman–Crippen MR) is 107 cm³/mol. The topological polar surface area (TPSA) is 75.9 Å². The van der Waals surface area contributed by atoms with Crippen molar-refractivity contribution in [1.29, 1.82) is 0 Å². The average molecular weight is 397 g/mol. The Kier molecular flexibility index (Phi) is 6.24. The highest BCUT2D eigenvalue weighted by Gasteiger charge is 2.27. The summed E-state index contributed by atoms with van der Waals surface area (Å²) in [6.45, 7) is 4.08. The normalized spacial score (nSPS) is 18.1. The average Bonchev–Trinajstić information content (AvgIpc) is 3.29. The SMILES string of the molecule is O=C(CCC1CCN(C(=O)c2cc(-c3ccccc3)on2)CC1)N1CCOCC1. The highest BCUT2D eigenvalue weighted by molar-refractivity contribution is 5.93. The van der Waals surface area contributed by atoms with Crippen molar-refractivity contribution in [2.75, 3.05) is 39.4 Å². The van der Waals surface area contributed by atoms with E-state index in [2.05, 4.69) is 5.16 Å². The molecule has 1 aromatic heterocycles. The van der Waals surface area contributed by atoms with Gasteiger partial charge in [0.05, 0.1) is 13.2 Å². The van der Waals surface area contributed by atoms with E-state index in [9.17, 15) is 9.59 Å². The number of nitrogens with zero attached hydrogens (tertiary/aromatic N) is 3. The first-order chi connectivity index (χ1) is 14.2. The number of aromatic nitrogens is 1. The zero-order valence-corrected chi connectivity index (χ0v) is 16.6. The molecule has 0 spiro atoms. The molecular formula is C22H27N3O4. The summed E-state index contributed by atoms with van der Waals surface area (Å²) in [5.74, 6) is 1.23. The largest absolute Gasteiger partial charge is 0.378 e. The third kappa shape index (κ3) is 4.85. The predicted octanol–water partition coefficient (Wildman–Crippen LogP) is 2.83. The summed E-state index contributed by atoms with van der Waals surface area (Å²) >= 11 is 0. The van der Waals surface area contributed by atoms with E-state index >= 15 is 0 Å². The second kappa shape index (κ2) is 9.22. The van der Waals surface area contributed by atoms with Crippen LogP contribution in [0.5, 0.6) is 0 Å². The molecule has 0 atom stereocenters. The summed E-state index contributed by atoms with van der Waals surface area (Å²) in [6, 6.07) is 11.4. The van der Waals surface area contributed by atoms with E-state index in [1.807, 2.05) is 40.1 Å². The maximum absolute atomic E-state index is 12.8. The molecule has 2 aliphatic heterocycles. The Balaban J connectivity index is 1.24. The second-order valence-corrected chi connectivity index (χ2v) is 7.71. The molecule has 0 saturated carbocycles. The van der Waals surface area contributed by atoms with Crippen LogP contribution in [0.15, 0.2) is 40.9 Å². The van der Waals surface area contributed by atoms with E-state index in [1.54, 1.807) is 6.07 Å². The number of rotatable bonds is 5. The minimum absolute atomic E-state index is 0.0845. The number of hydrogen-bond acceptors (Lipinski definition) is 5. The van der Waals surface area contributed by atoms with Crippen LogP contribution in [0.3, 0.4) is 0 Å². The van der Waals surface area contributed by atoms with Crippen LogP contribution in [0, 0.1) is 5.92 Å². The van der Waals surface area contributed by atoms with E-state index in [1.165, 1.54) is 0 Å². The zero-order chi connectivity index (χ0) is 20.1. The highest BCUT2D eigenvalue weighted by atomic mass is 16.5. The third-order valence-corrected chi connectivity index (χ3v) is 5.82. The van der Waals surface area contributed by atoms with Crippen molar-refractivity contribution in [1.82, 2.24) is 15.0 Å². The van der Waals surface area contributed by atoms with Crippen molar-refractivity contribution in [3.63, 3.8) is 0 Å². The Bertz CT molecular complexity index is 822. The van der Waals surface area contributed by atoms with Crippen LogP contribution >= 0.6 is 0 Å². The summed E-state index contributed by atoms with van der Waals surface area (Å²) in [4.78, 5) is 28.8. The number of carbonyl (C=O) groups is 2. The Morgan fingerprint density at radius 1 is 1.00 bits per heavy atom. The standard InChI is InChI=1S/C22H27N3O4/c26-21(24-12-14-28-15-13-24)7-6-17-8-10-25(11-9-17)22(27)19-16-20(29-23-19)18-4-2-1-3-5-18/h1-5,16-17H,6-15H2. The molecule has 2 aromatic rings. The molecule has 7 heteroatoms. The molecule has 0 unspecified atom stereocenters. The van der Waals surface area contributed by atoms with Gasteiger partial charge in [-0.3, -0.25) is 9.59 Å². The van der Waals surface area contributed by atoms with Gasteiger partial charge in [0, 0.05) is 44.2 Å². The summed E-state index contributed by atoms with van der Waals surface area (Å²) in [6.07, 6.45) is 3.32. The molecule has 2 fully saturated rings. The van der Waals surface area contributed by atoms with E-state index in [-0.39, 0.29) is 11.8 Å². The monoisotopic (exact) mass is 397 g/mol. The van der Waals surface area contributed by atoms with Crippen molar-refractivity contribution in [3.8, 4) is 11.3 Å². The Morgan fingerprint density at radius 3 is 2.45 bits per heavy atom. The molecule has 0 aliphatic carbocycles. The Morgan fingerprint density at radius 2 is 1.72 bits per heavy atom. The van der Waals surface area contributed by atoms with E-state index < -0.39 is 0 Å². The first-order valence-corrected chi connectivity index (χ1v) is 10.4. The van der Waals surface area contributed by atoms with Gasteiger partial charge in [0.1, 0.15) is 0 Å². The number of carbonyl (C=O) groups excluding carboxylic acids is 2. The summed E-state index contributed by atoms with van der Waals surface area (Å²) in [5.41, 5.74) is 1.26. The van der Waals surface area contributed by atoms with Crippen LogP contribution < -0.4 is 0 Å². The molecule has 1 aromatic carbocycles. The molecule has 3 heterocycles. The molecular weight excluding hydrogens is 370 g/mol. The van der Waals surface area contributed by atoms with Crippen LogP contribution in [-0.2, 0) is 9.53 Å². The fourth-order valence-electron chi connectivity index (χ4n) is 4.00. The van der Waals surface area contributed by atoms with E-state index in [0.717, 1.165) is 24.8 Å². The van der Waals surface area contributed by atoms with Gasteiger partial charge in [-0.2, -0.15) is 0 Å². The molecule has 0 bridgehead atoms. The van der Waals surface area contributed by atoms with Gasteiger partial charge in [-0.05, 0) is 25.2 Å². The van der Waals surface area contributed by atoms with E-state index in [0.29, 0.717) is 63.2 Å². The number of ether oxygens (including phenoxy) is 1. The molecule has 0 radical (unpaired) electrons. The lowest BCUT2D eigenvalue weighted by Gasteiger charge is -2.32. The molecule has 29 heavy (non-hydrogen) atoms. The van der Waals surface area contributed by atoms with Gasteiger partial charge in [-0.1, -0.05) is 35.5 Å². The molecule has 7 nitrogen and oxygen atoms in total. The minimum Gasteiger partial charge on any atom is -0.378 e. The van der Waals surface area contributed by atoms with Gasteiger partial charge in [-0.25, -0.2) is 0 Å². The van der Waals surface area contributed by atoms with Crippen LogP contribution in [0.25, 0.3) is 11.3 Å². The zero-order valence-electron chi connectivity index (χ0n) is 16.6. The minimum atomic E-state index is -0.0845. The van der Waals surface area contributed by atoms with Gasteiger partial charge in [-0.15, -0.1) is 0 Å². The first-order valence-electron chi connectivity index (χ1n) is 10.4. The number of piperidine rings is 1. The third-order valence-electron chi connectivity index (χ3n) is 5.82. The van der Waals surface area contributed by atoms with Gasteiger partial charge in [0.2, 0.25) is 5.91 Å². The van der Waals surface area contributed by atoms with Crippen molar-refractivity contribution in [3.05, 3.63) is 42.1 Å². The van der Waals surface area contributed by atoms with Crippen LogP contribution in [-0.4, -0.2) is 66.2 Å². The molecule has 2 amide bonds. The van der Waals surface area contributed by atoms with Crippen LogP contribution in [0.2, 0.25) is 0 Å². The second-order valence-electron chi connectivity index (χ2n) is 7.71. The number of benzene rings is 1. The molecule has 4 rings (SSSR count).